The zero-order chi connectivity index (χ0) is 47.9. The summed E-state index contributed by atoms with van der Waals surface area (Å²) >= 11 is 0. The lowest BCUT2D eigenvalue weighted by atomic mass is 10.0. The smallest absolute Gasteiger partial charge is 0.306 e. The first-order valence-corrected chi connectivity index (χ1v) is 26.6. The molecule has 6 heteroatoms. The molecule has 0 bridgehead atoms. The predicted octanol–water partition coefficient (Wildman–Crippen LogP) is 17.7. The minimum Gasteiger partial charge on any atom is -0.462 e. The van der Waals surface area contributed by atoms with Crippen molar-refractivity contribution in [2.75, 3.05) is 13.2 Å². The molecule has 0 aromatic heterocycles. The van der Waals surface area contributed by atoms with Gasteiger partial charge in [0.05, 0.1) is 0 Å². The minimum atomic E-state index is -0.830. The van der Waals surface area contributed by atoms with E-state index in [1.54, 1.807) is 0 Å². The Hall–Kier alpha value is -4.19. The molecule has 1 atom stereocenters. The van der Waals surface area contributed by atoms with Gasteiger partial charge in [0.1, 0.15) is 13.2 Å². The average molecular weight is 913 g/mol. The molecule has 6 nitrogen and oxygen atoms in total. The third-order valence-electron chi connectivity index (χ3n) is 10.8. The molecule has 0 radical (unpaired) electrons. The monoisotopic (exact) mass is 913 g/mol. The summed E-state index contributed by atoms with van der Waals surface area (Å²) in [5, 5.41) is 0. The topological polar surface area (TPSA) is 78.9 Å². The van der Waals surface area contributed by atoms with Crippen molar-refractivity contribution in [3.63, 3.8) is 0 Å². The van der Waals surface area contributed by atoms with Crippen LogP contribution in [-0.4, -0.2) is 37.2 Å². The first-order chi connectivity index (χ1) is 32.5. The van der Waals surface area contributed by atoms with E-state index < -0.39 is 12.1 Å². The van der Waals surface area contributed by atoms with Gasteiger partial charge in [0.2, 0.25) is 0 Å². The molecule has 66 heavy (non-hydrogen) atoms. The van der Waals surface area contributed by atoms with Crippen LogP contribution in [0.3, 0.4) is 0 Å². The molecule has 0 aromatic carbocycles. The molecule has 0 saturated heterocycles. The number of allylic oxidation sites excluding steroid dienone is 20. The number of hydrogen-bond acceptors (Lipinski definition) is 6. The summed E-state index contributed by atoms with van der Waals surface area (Å²) in [7, 11) is 0. The normalized spacial score (nSPS) is 13.1. The number of unbranched alkanes of at least 4 members (excludes halogenated alkanes) is 19. The van der Waals surface area contributed by atoms with Gasteiger partial charge in [0.15, 0.2) is 6.10 Å². The molecule has 0 amide bonds. The highest BCUT2D eigenvalue weighted by atomic mass is 16.6. The predicted molar refractivity (Wildman–Crippen MR) is 283 cm³/mol. The molecule has 372 valence electrons. The van der Waals surface area contributed by atoms with E-state index in [-0.39, 0.29) is 31.6 Å². The van der Waals surface area contributed by atoms with Gasteiger partial charge in [-0.3, -0.25) is 14.4 Å². The molecule has 0 aliphatic rings. The van der Waals surface area contributed by atoms with Gasteiger partial charge in [-0.15, -0.1) is 0 Å². The Morgan fingerprint density at radius 1 is 0.333 bits per heavy atom. The molecule has 1 unspecified atom stereocenters. The zero-order valence-corrected chi connectivity index (χ0v) is 42.4. The van der Waals surface area contributed by atoms with Crippen LogP contribution in [0.1, 0.15) is 220 Å². The standard InChI is InChI=1S/C60H96O6/c1-4-7-10-13-16-19-22-25-28-30-31-33-35-38-41-44-47-50-53-59(62)65-56-57(55-64-58(61)52-49-46-43-40-37-34-27-24-21-18-15-12-9-6-3)66-60(63)54-51-48-45-42-39-36-32-29-26-23-20-17-14-11-8-5-2/h8,10-11,13,16-17,19-20,22,25-26,28-31,33,36,39,45,48,57H,4-7,9,12,14-15,18,21,23-24,27,32,34-35,37-38,40-44,46-47,49-56H2,1-3H3/b11-8-,13-10-,19-16-,20-17-,25-22-,29-26-,30-28-,33-31-,39-36-,48-45-. The molecule has 0 N–H and O–H groups in total. The van der Waals surface area contributed by atoms with Gasteiger partial charge >= 0.3 is 17.9 Å². The molecule has 0 aliphatic carbocycles. The molecule has 0 aromatic rings. The number of esters is 3. The summed E-state index contributed by atoms with van der Waals surface area (Å²) in [6, 6.07) is 0. The molecular formula is C60H96O6. The van der Waals surface area contributed by atoms with Crippen molar-refractivity contribution in [3.05, 3.63) is 122 Å². The maximum absolute atomic E-state index is 12.8. The molecule has 0 saturated carbocycles. The fourth-order valence-corrected chi connectivity index (χ4v) is 6.87. The van der Waals surface area contributed by atoms with Crippen LogP contribution in [0, 0.1) is 0 Å². The second-order valence-corrected chi connectivity index (χ2v) is 17.2. The number of hydrogen-bond donors (Lipinski definition) is 0. The van der Waals surface area contributed by atoms with E-state index >= 15 is 0 Å². The van der Waals surface area contributed by atoms with Crippen LogP contribution in [0.25, 0.3) is 0 Å². The second kappa shape index (κ2) is 53.4. The molecule has 0 spiro atoms. The molecule has 0 rings (SSSR count). The highest BCUT2D eigenvalue weighted by molar-refractivity contribution is 5.71. The van der Waals surface area contributed by atoms with Crippen LogP contribution in [0.2, 0.25) is 0 Å². The van der Waals surface area contributed by atoms with Crippen molar-refractivity contribution in [1.29, 1.82) is 0 Å². The largest absolute Gasteiger partial charge is 0.462 e. The van der Waals surface area contributed by atoms with E-state index in [2.05, 4.69) is 93.7 Å². The molecule has 0 fully saturated rings. The van der Waals surface area contributed by atoms with Crippen molar-refractivity contribution in [1.82, 2.24) is 0 Å². The fraction of sp³-hybridized carbons (Fsp3) is 0.617. The Kier molecular flexibility index (Phi) is 50.0. The van der Waals surface area contributed by atoms with Crippen LogP contribution in [0.15, 0.2) is 122 Å². The average Bonchev–Trinajstić information content (AvgIpc) is 3.31. The van der Waals surface area contributed by atoms with Crippen LogP contribution < -0.4 is 0 Å². The highest BCUT2D eigenvalue weighted by Crippen LogP contribution is 2.14. The Bertz CT molecular complexity index is 1420. The van der Waals surface area contributed by atoms with E-state index in [4.69, 9.17) is 14.2 Å². The Labute approximate surface area is 405 Å². The lowest BCUT2D eigenvalue weighted by Gasteiger charge is -2.18. The van der Waals surface area contributed by atoms with Gasteiger partial charge in [-0.2, -0.15) is 0 Å². The van der Waals surface area contributed by atoms with E-state index in [9.17, 15) is 14.4 Å². The van der Waals surface area contributed by atoms with E-state index in [0.29, 0.717) is 19.3 Å². The first kappa shape index (κ1) is 61.8. The van der Waals surface area contributed by atoms with Gasteiger partial charge in [-0.05, 0) is 70.6 Å². The maximum atomic E-state index is 12.8. The SMILES string of the molecule is CC/C=C\C/C=C\C/C=C\C/C=C\C/C=C\CCC(=O)OC(COC(=O)CCCCCCC\C=C/C=C\C=C/C=C\C=C/CCC)COC(=O)CCCCCCCCCCCCCCCC. The Morgan fingerprint density at radius 3 is 1.15 bits per heavy atom. The van der Waals surface area contributed by atoms with Crippen molar-refractivity contribution < 1.29 is 28.6 Å². The van der Waals surface area contributed by atoms with Crippen LogP contribution >= 0.6 is 0 Å². The van der Waals surface area contributed by atoms with Crippen molar-refractivity contribution >= 4 is 17.9 Å². The number of ether oxygens (including phenoxy) is 3. The van der Waals surface area contributed by atoms with Crippen molar-refractivity contribution in [2.24, 2.45) is 0 Å². The minimum absolute atomic E-state index is 0.118. The van der Waals surface area contributed by atoms with Crippen LogP contribution in [-0.2, 0) is 28.6 Å². The Morgan fingerprint density at radius 2 is 0.712 bits per heavy atom. The summed E-state index contributed by atoms with van der Waals surface area (Å²) in [5.74, 6) is -1.03. The van der Waals surface area contributed by atoms with Crippen LogP contribution in [0.4, 0.5) is 0 Å². The fourth-order valence-electron chi connectivity index (χ4n) is 6.87. The van der Waals surface area contributed by atoms with E-state index in [1.165, 1.54) is 77.0 Å². The number of carbonyl (C=O) groups is 3. The van der Waals surface area contributed by atoms with Gasteiger partial charge in [0, 0.05) is 19.3 Å². The maximum Gasteiger partial charge on any atom is 0.306 e. The summed E-state index contributed by atoms with van der Waals surface area (Å²) in [4.78, 5) is 38.0. The number of rotatable bonds is 46. The summed E-state index contributed by atoms with van der Waals surface area (Å²) in [6.07, 6.45) is 73.3. The van der Waals surface area contributed by atoms with Gasteiger partial charge < -0.3 is 14.2 Å². The Balaban J connectivity index is 4.56. The zero-order valence-electron chi connectivity index (χ0n) is 42.4. The van der Waals surface area contributed by atoms with E-state index in [0.717, 1.165) is 96.3 Å². The van der Waals surface area contributed by atoms with Gasteiger partial charge in [0.25, 0.3) is 0 Å². The molecular weight excluding hydrogens is 817 g/mol. The quantitative estimate of drug-likeness (QED) is 0.0199. The molecule has 0 heterocycles. The number of carbonyl (C=O) groups excluding carboxylic acids is 3. The van der Waals surface area contributed by atoms with Gasteiger partial charge in [-0.1, -0.05) is 251 Å². The lowest BCUT2D eigenvalue weighted by Crippen LogP contribution is -2.30. The van der Waals surface area contributed by atoms with Crippen molar-refractivity contribution in [3.8, 4) is 0 Å². The third kappa shape index (κ3) is 50.8. The van der Waals surface area contributed by atoms with Gasteiger partial charge in [-0.25, -0.2) is 0 Å². The third-order valence-corrected chi connectivity index (χ3v) is 10.8. The summed E-state index contributed by atoms with van der Waals surface area (Å²) < 4.78 is 16.7. The summed E-state index contributed by atoms with van der Waals surface area (Å²) in [5.41, 5.74) is 0. The summed E-state index contributed by atoms with van der Waals surface area (Å²) in [6.45, 7) is 6.34. The van der Waals surface area contributed by atoms with E-state index in [1.807, 2.05) is 48.6 Å². The second-order valence-electron chi connectivity index (χ2n) is 17.2. The molecule has 0 aliphatic heterocycles. The van der Waals surface area contributed by atoms with Crippen molar-refractivity contribution in [2.45, 2.75) is 226 Å². The first-order valence-electron chi connectivity index (χ1n) is 26.6. The lowest BCUT2D eigenvalue weighted by molar-refractivity contribution is -0.166. The van der Waals surface area contributed by atoms with Crippen LogP contribution in [0.5, 0.6) is 0 Å². The highest BCUT2D eigenvalue weighted by Gasteiger charge is 2.19.